The Labute approximate surface area is 173 Å². The zero-order chi connectivity index (χ0) is 17.5. The maximum absolute atomic E-state index is 12.3. The number of piperidine rings is 1. The predicted molar refractivity (Wildman–Crippen MR) is 113 cm³/mol. The van der Waals surface area contributed by atoms with Gasteiger partial charge in [0.05, 0.1) is 5.92 Å². The molecule has 0 bridgehead atoms. The van der Waals surface area contributed by atoms with Crippen LogP contribution in [0.15, 0.2) is 30.3 Å². The highest BCUT2D eigenvalue weighted by Gasteiger charge is 2.23. The van der Waals surface area contributed by atoms with E-state index in [-0.39, 0.29) is 42.5 Å². The van der Waals surface area contributed by atoms with Gasteiger partial charge < -0.3 is 20.4 Å². The van der Waals surface area contributed by atoms with Crippen molar-refractivity contribution < 1.29 is 9.59 Å². The summed E-state index contributed by atoms with van der Waals surface area (Å²) < 4.78 is 0. The number of amides is 2. The van der Waals surface area contributed by atoms with Gasteiger partial charge in [0.15, 0.2) is 0 Å². The Hall–Kier alpha value is -1.50. The summed E-state index contributed by atoms with van der Waals surface area (Å²) in [6, 6.07) is 10.3. The first-order valence-corrected chi connectivity index (χ1v) is 9.30. The number of para-hydroxylation sites is 1. The van der Waals surface area contributed by atoms with Crippen LogP contribution >= 0.6 is 24.8 Å². The molecule has 2 fully saturated rings. The van der Waals surface area contributed by atoms with Crippen molar-refractivity contribution in [2.45, 2.75) is 19.3 Å². The minimum atomic E-state index is 0. The van der Waals surface area contributed by atoms with Crippen LogP contribution in [0, 0.1) is 5.92 Å². The van der Waals surface area contributed by atoms with Crippen LogP contribution < -0.4 is 15.5 Å². The maximum atomic E-state index is 12.3. The zero-order valence-corrected chi connectivity index (χ0v) is 17.2. The van der Waals surface area contributed by atoms with Crippen LogP contribution in [0.4, 0.5) is 5.69 Å². The van der Waals surface area contributed by atoms with Gasteiger partial charge >= 0.3 is 0 Å². The zero-order valence-electron chi connectivity index (χ0n) is 15.6. The molecular formula is C19H30Cl2N4O2. The molecule has 0 spiro atoms. The summed E-state index contributed by atoms with van der Waals surface area (Å²) in [6.45, 7) is 5.39. The number of piperazine rings is 1. The van der Waals surface area contributed by atoms with Gasteiger partial charge in [0.2, 0.25) is 11.8 Å². The SMILES string of the molecule is Cl.Cl.O=C(NCCC(=O)N1CCN(c2ccccc2)CC1)C1CCCNC1. The van der Waals surface area contributed by atoms with Gasteiger partial charge in [-0.05, 0) is 31.5 Å². The van der Waals surface area contributed by atoms with Crippen molar-refractivity contribution in [3.63, 3.8) is 0 Å². The summed E-state index contributed by atoms with van der Waals surface area (Å²) in [5.41, 5.74) is 1.21. The highest BCUT2D eigenvalue weighted by molar-refractivity contribution is 5.85. The second-order valence-corrected chi connectivity index (χ2v) is 6.79. The van der Waals surface area contributed by atoms with Crippen LogP contribution in [0.2, 0.25) is 0 Å². The first-order chi connectivity index (χ1) is 12.2. The molecule has 0 aliphatic carbocycles. The normalized spacial score (nSPS) is 19.5. The van der Waals surface area contributed by atoms with E-state index < -0.39 is 0 Å². The highest BCUT2D eigenvalue weighted by Crippen LogP contribution is 2.16. The Morgan fingerprint density at radius 1 is 1.07 bits per heavy atom. The number of nitrogens with one attached hydrogen (secondary N) is 2. The van der Waals surface area contributed by atoms with Crippen molar-refractivity contribution in [2.75, 3.05) is 50.7 Å². The molecule has 2 saturated heterocycles. The van der Waals surface area contributed by atoms with Crippen LogP contribution in [0.5, 0.6) is 0 Å². The molecule has 2 N–H and O–H groups in total. The lowest BCUT2D eigenvalue weighted by atomic mass is 9.99. The molecule has 6 nitrogen and oxygen atoms in total. The molecule has 0 saturated carbocycles. The molecule has 0 aromatic heterocycles. The van der Waals surface area contributed by atoms with Gasteiger partial charge in [-0.1, -0.05) is 18.2 Å². The second kappa shape index (κ2) is 12.1. The topological polar surface area (TPSA) is 64.7 Å². The molecular weight excluding hydrogens is 387 g/mol. The maximum Gasteiger partial charge on any atom is 0.224 e. The van der Waals surface area contributed by atoms with Gasteiger partial charge in [-0.2, -0.15) is 0 Å². The Bertz CT molecular complexity index is 574. The molecule has 152 valence electrons. The summed E-state index contributed by atoms with van der Waals surface area (Å²) in [6.07, 6.45) is 2.37. The third-order valence-electron chi connectivity index (χ3n) is 5.06. The van der Waals surface area contributed by atoms with E-state index in [1.54, 1.807) is 0 Å². The molecule has 3 rings (SSSR count). The van der Waals surface area contributed by atoms with Gasteiger partial charge in [-0.3, -0.25) is 9.59 Å². The van der Waals surface area contributed by atoms with Gasteiger partial charge in [-0.25, -0.2) is 0 Å². The molecule has 1 atom stereocenters. The number of hydrogen-bond acceptors (Lipinski definition) is 4. The number of halogens is 2. The molecule has 27 heavy (non-hydrogen) atoms. The third kappa shape index (κ3) is 6.87. The van der Waals surface area contributed by atoms with Crippen LogP contribution in [0.25, 0.3) is 0 Å². The van der Waals surface area contributed by atoms with Crippen molar-refractivity contribution in [3.8, 4) is 0 Å². The molecule has 2 heterocycles. The third-order valence-corrected chi connectivity index (χ3v) is 5.06. The molecule has 1 aromatic rings. The number of rotatable bonds is 5. The smallest absolute Gasteiger partial charge is 0.224 e. The van der Waals surface area contributed by atoms with Gasteiger partial charge in [0.25, 0.3) is 0 Å². The molecule has 2 aliphatic rings. The van der Waals surface area contributed by atoms with E-state index in [2.05, 4.69) is 27.7 Å². The Balaban J connectivity index is 0.00000182. The number of anilines is 1. The lowest BCUT2D eigenvalue weighted by Crippen LogP contribution is -2.49. The number of carbonyl (C=O) groups is 2. The van der Waals surface area contributed by atoms with Crippen molar-refractivity contribution in [3.05, 3.63) is 30.3 Å². The van der Waals surface area contributed by atoms with Crippen LogP contribution in [-0.4, -0.2) is 62.5 Å². The lowest BCUT2D eigenvalue weighted by Gasteiger charge is -2.36. The Morgan fingerprint density at radius 3 is 2.41 bits per heavy atom. The predicted octanol–water partition coefficient (Wildman–Crippen LogP) is 1.68. The summed E-state index contributed by atoms with van der Waals surface area (Å²) in [5, 5.41) is 6.16. The van der Waals surface area contributed by atoms with Gasteiger partial charge in [0.1, 0.15) is 0 Å². The lowest BCUT2D eigenvalue weighted by molar-refractivity contribution is -0.131. The largest absolute Gasteiger partial charge is 0.368 e. The molecule has 2 aliphatic heterocycles. The number of nitrogens with zero attached hydrogens (tertiary/aromatic N) is 2. The minimum Gasteiger partial charge on any atom is -0.368 e. The van der Waals surface area contributed by atoms with Gasteiger partial charge in [-0.15, -0.1) is 24.8 Å². The minimum absolute atomic E-state index is 0. The summed E-state index contributed by atoms with van der Waals surface area (Å²) in [7, 11) is 0. The average Bonchev–Trinajstić information content (AvgIpc) is 2.69. The number of benzene rings is 1. The van der Waals surface area contributed by atoms with Crippen molar-refractivity contribution in [2.24, 2.45) is 5.92 Å². The van der Waals surface area contributed by atoms with Crippen LogP contribution in [-0.2, 0) is 9.59 Å². The number of carbonyl (C=O) groups excluding carboxylic acids is 2. The molecule has 1 unspecified atom stereocenters. The quantitative estimate of drug-likeness (QED) is 0.766. The molecule has 0 radical (unpaired) electrons. The number of hydrogen-bond donors (Lipinski definition) is 2. The fourth-order valence-corrected chi connectivity index (χ4v) is 3.52. The summed E-state index contributed by atoms with van der Waals surface area (Å²) in [4.78, 5) is 28.6. The first kappa shape index (κ1) is 23.5. The van der Waals surface area contributed by atoms with Crippen molar-refractivity contribution in [1.29, 1.82) is 0 Å². The van der Waals surface area contributed by atoms with Crippen LogP contribution in [0.3, 0.4) is 0 Å². The molecule has 8 heteroatoms. The Kier molecular flexibility index (Phi) is 10.5. The molecule has 2 amide bonds. The van der Waals surface area contributed by atoms with E-state index in [0.29, 0.717) is 13.0 Å². The summed E-state index contributed by atoms with van der Waals surface area (Å²) >= 11 is 0. The Morgan fingerprint density at radius 2 is 1.78 bits per heavy atom. The highest BCUT2D eigenvalue weighted by atomic mass is 35.5. The fourth-order valence-electron chi connectivity index (χ4n) is 3.52. The van der Waals surface area contributed by atoms with Crippen molar-refractivity contribution in [1.82, 2.24) is 15.5 Å². The van der Waals surface area contributed by atoms with E-state index in [0.717, 1.165) is 52.1 Å². The monoisotopic (exact) mass is 416 g/mol. The van der Waals surface area contributed by atoms with Gasteiger partial charge in [0, 0.05) is 51.4 Å². The summed E-state index contributed by atoms with van der Waals surface area (Å²) in [5.74, 6) is 0.266. The van der Waals surface area contributed by atoms with E-state index in [9.17, 15) is 9.59 Å². The van der Waals surface area contributed by atoms with Crippen molar-refractivity contribution >= 4 is 42.3 Å². The second-order valence-electron chi connectivity index (χ2n) is 6.79. The van der Waals surface area contributed by atoms with E-state index in [1.165, 1.54) is 5.69 Å². The first-order valence-electron chi connectivity index (χ1n) is 9.30. The van der Waals surface area contributed by atoms with E-state index in [4.69, 9.17) is 0 Å². The molecule has 1 aromatic carbocycles. The average molecular weight is 417 g/mol. The standard InChI is InChI=1S/C19H28N4O2.2ClH/c24-18(8-10-21-19(25)16-5-4-9-20-15-16)23-13-11-22(12-14-23)17-6-2-1-3-7-17;;/h1-3,6-7,16,20H,4-5,8-15H2,(H,21,25);2*1H. The van der Waals surface area contributed by atoms with Crippen LogP contribution in [0.1, 0.15) is 19.3 Å². The van der Waals surface area contributed by atoms with E-state index in [1.807, 2.05) is 23.1 Å². The van der Waals surface area contributed by atoms with E-state index >= 15 is 0 Å². The fraction of sp³-hybridized carbons (Fsp3) is 0.579.